The van der Waals surface area contributed by atoms with Gasteiger partial charge in [0.25, 0.3) is 0 Å². The molecular formula is C19H23F2N5O2. The molecule has 2 heterocycles. The first kappa shape index (κ1) is 19.9. The van der Waals surface area contributed by atoms with Crippen LogP contribution in [0.1, 0.15) is 12.6 Å². The van der Waals surface area contributed by atoms with E-state index in [-0.39, 0.29) is 18.1 Å². The van der Waals surface area contributed by atoms with Gasteiger partial charge in [-0.2, -0.15) is 4.98 Å². The summed E-state index contributed by atoms with van der Waals surface area (Å²) in [5.41, 5.74) is 0.940. The predicted molar refractivity (Wildman–Crippen MR) is 102 cm³/mol. The molecule has 0 bridgehead atoms. The molecular weight excluding hydrogens is 368 g/mol. The van der Waals surface area contributed by atoms with Crippen LogP contribution in [0.3, 0.4) is 0 Å². The summed E-state index contributed by atoms with van der Waals surface area (Å²) in [4.78, 5) is 25.1. The number of rotatable bonds is 6. The van der Waals surface area contributed by atoms with Crippen LogP contribution in [0.5, 0.6) is 5.88 Å². The van der Waals surface area contributed by atoms with Gasteiger partial charge in [0.15, 0.2) is 0 Å². The van der Waals surface area contributed by atoms with E-state index >= 15 is 0 Å². The van der Waals surface area contributed by atoms with Crippen molar-refractivity contribution < 1.29 is 18.3 Å². The van der Waals surface area contributed by atoms with Gasteiger partial charge >= 0.3 is 0 Å². The van der Waals surface area contributed by atoms with Gasteiger partial charge in [-0.1, -0.05) is 0 Å². The van der Waals surface area contributed by atoms with E-state index in [0.29, 0.717) is 44.6 Å². The number of halogens is 2. The van der Waals surface area contributed by atoms with Crippen LogP contribution in [0.2, 0.25) is 0 Å². The summed E-state index contributed by atoms with van der Waals surface area (Å²) in [6, 6.07) is 4.73. The van der Waals surface area contributed by atoms with Gasteiger partial charge in [0, 0.05) is 49.7 Å². The second-order valence-corrected chi connectivity index (χ2v) is 6.55. The summed E-state index contributed by atoms with van der Waals surface area (Å²) in [5.74, 6) is -0.609. The lowest BCUT2D eigenvalue weighted by Gasteiger charge is -2.34. The summed E-state index contributed by atoms with van der Waals surface area (Å²) in [7, 11) is 0. The zero-order valence-corrected chi connectivity index (χ0v) is 15.9. The van der Waals surface area contributed by atoms with Crippen molar-refractivity contribution >= 4 is 17.5 Å². The third kappa shape index (κ3) is 5.35. The fourth-order valence-corrected chi connectivity index (χ4v) is 3.02. The summed E-state index contributed by atoms with van der Waals surface area (Å²) < 4.78 is 31.9. The van der Waals surface area contributed by atoms with Gasteiger partial charge in [-0.05, 0) is 26.0 Å². The molecule has 0 saturated carbocycles. The number of nitrogens with zero attached hydrogens (tertiary/aromatic N) is 4. The molecule has 3 rings (SSSR count). The molecule has 28 heavy (non-hydrogen) atoms. The Morgan fingerprint density at radius 2 is 1.79 bits per heavy atom. The first-order chi connectivity index (χ1) is 13.4. The van der Waals surface area contributed by atoms with Gasteiger partial charge in [-0.15, -0.1) is 0 Å². The normalized spacial score (nSPS) is 14.8. The number of carbonyl (C=O) groups is 1. The Morgan fingerprint density at radius 1 is 1.11 bits per heavy atom. The first-order valence-corrected chi connectivity index (χ1v) is 9.14. The van der Waals surface area contributed by atoms with Crippen molar-refractivity contribution in [2.75, 3.05) is 49.5 Å². The number of piperazine rings is 1. The first-order valence-electron chi connectivity index (χ1n) is 9.14. The number of anilines is 2. The number of carbonyl (C=O) groups excluding carboxylic acids is 1. The summed E-state index contributed by atoms with van der Waals surface area (Å²) in [6.07, 6.45) is 0. The van der Waals surface area contributed by atoms with Crippen molar-refractivity contribution in [2.45, 2.75) is 13.8 Å². The molecule has 0 unspecified atom stereocenters. The zero-order chi connectivity index (χ0) is 20.1. The van der Waals surface area contributed by atoms with Crippen molar-refractivity contribution in [1.29, 1.82) is 0 Å². The smallest absolute Gasteiger partial charge is 0.238 e. The molecule has 150 valence electrons. The SMILES string of the molecule is CCOc1cc(C)nc(N2CCN(CC(=O)Nc3cc(F)cc(F)c3)CC2)n1. The van der Waals surface area contributed by atoms with Gasteiger partial charge in [0.05, 0.1) is 13.2 Å². The number of aromatic nitrogens is 2. The van der Waals surface area contributed by atoms with E-state index in [2.05, 4.69) is 15.3 Å². The lowest BCUT2D eigenvalue weighted by Crippen LogP contribution is -2.49. The molecule has 1 saturated heterocycles. The average molecular weight is 391 g/mol. The minimum Gasteiger partial charge on any atom is -0.478 e. The maximum absolute atomic E-state index is 13.2. The molecule has 1 N–H and O–H groups in total. The van der Waals surface area contributed by atoms with E-state index < -0.39 is 11.6 Å². The minimum absolute atomic E-state index is 0.109. The number of hydrogen-bond donors (Lipinski definition) is 1. The molecule has 1 aliphatic heterocycles. The largest absolute Gasteiger partial charge is 0.478 e. The topological polar surface area (TPSA) is 70.6 Å². The van der Waals surface area contributed by atoms with E-state index in [1.807, 2.05) is 23.6 Å². The Balaban J connectivity index is 1.53. The van der Waals surface area contributed by atoms with Gasteiger partial charge in [-0.25, -0.2) is 13.8 Å². The second kappa shape index (κ2) is 8.92. The standard InChI is InChI=1S/C19H23F2N5O2/c1-3-28-18-8-13(2)22-19(24-18)26-6-4-25(5-7-26)12-17(27)23-16-10-14(20)9-15(21)11-16/h8-11H,3-7,12H2,1-2H3,(H,23,27). The number of hydrogen-bond acceptors (Lipinski definition) is 6. The van der Waals surface area contributed by atoms with Crippen molar-refractivity contribution in [2.24, 2.45) is 0 Å². The maximum atomic E-state index is 13.2. The lowest BCUT2D eigenvalue weighted by atomic mass is 10.3. The summed E-state index contributed by atoms with van der Waals surface area (Å²) in [6.45, 7) is 7.09. The molecule has 0 spiro atoms. The molecule has 0 atom stereocenters. The van der Waals surface area contributed by atoms with Gasteiger partial charge < -0.3 is 15.0 Å². The summed E-state index contributed by atoms with van der Waals surface area (Å²) in [5, 5.41) is 2.53. The van der Waals surface area contributed by atoms with Crippen molar-refractivity contribution in [3.63, 3.8) is 0 Å². The molecule has 2 aromatic rings. The van der Waals surface area contributed by atoms with E-state index in [1.165, 1.54) is 0 Å². The second-order valence-electron chi connectivity index (χ2n) is 6.55. The molecule has 1 aliphatic rings. The number of amides is 1. The number of ether oxygens (including phenoxy) is 1. The average Bonchev–Trinajstić information content (AvgIpc) is 2.61. The molecule has 9 heteroatoms. The third-order valence-corrected chi connectivity index (χ3v) is 4.28. The van der Waals surface area contributed by atoms with Crippen LogP contribution in [0, 0.1) is 18.6 Å². The van der Waals surface area contributed by atoms with E-state index in [1.54, 1.807) is 6.07 Å². The van der Waals surface area contributed by atoms with Gasteiger partial charge in [-0.3, -0.25) is 9.69 Å². The Morgan fingerprint density at radius 3 is 2.43 bits per heavy atom. The van der Waals surface area contributed by atoms with Crippen LogP contribution >= 0.6 is 0 Å². The van der Waals surface area contributed by atoms with E-state index in [9.17, 15) is 13.6 Å². The monoisotopic (exact) mass is 391 g/mol. The number of aryl methyl sites for hydroxylation is 1. The highest BCUT2D eigenvalue weighted by Crippen LogP contribution is 2.17. The molecule has 1 aromatic carbocycles. The predicted octanol–water partition coefficient (Wildman–Crippen LogP) is 2.22. The van der Waals surface area contributed by atoms with Crippen LogP contribution in [-0.4, -0.2) is 60.1 Å². The fourth-order valence-electron chi connectivity index (χ4n) is 3.02. The van der Waals surface area contributed by atoms with Crippen molar-refractivity contribution in [3.8, 4) is 5.88 Å². The molecule has 1 fully saturated rings. The van der Waals surface area contributed by atoms with E-state index in [4.69, 9.17) is 4.74 Å². The van der Waals surface area contributed by atoms with Crippen LogP contribution in [-0.2, 0) is 4.79 Å². The Bertz CT molecular complexity index is 821. The maximum Gasteiger partial charge on any atom is 0.238 e. The number of nitrogens with one attached hydrogen (secondary N) is 1. The molecule has 1 aromatic heterocycles. The van der Waals surface area contributed by atoms with E-state index in [0.717, 1.165) is 23.9 Å². The van der Waals surface area contributed by atoms with Gasteiger partial charge in [0.2, 0.25) is 17.7 Å². The Hall–Kier alpha value is -2.81. The van der Waals surface area contributed by atoms with Gasteiger partial charge in [0.1, 0.15) is 11.6 Å². The molecule has 0 aliphatic carbocycles. The Kier molecular flexibility index (Phi) is 6.35. The zero-order valence-electron chi connectivity index (χ0n) is 15.9. The van der Waals surface area contributed by atoms with Crippen LogP contribution < -0.4 is 15.0 Å². The molecule has 1 amide bonds. The highest BCUT2D eigenvalue weighted by atomic mass is 19.1. The highest BCUT2D eigenvalue weighted by molar-refractivity contribution is 5.92. The lowest BCUT2D eigenvalue weighted by molar-refractivity contribution is -0.117. The molecule has 0 radical (unpaired) electrons. The molecule has 7 nitrogen and oxygen atoms in total. The number of benzene rings is 1. The van der Waals surface area contributed by atoms with Crippen LogP contribution in [0.4, 0.5) is 20.4 Å². The minimum atomic E-state index is -0.728. The van der Waals surface area contributed by atoms with Crippen LogP contribution in [0.15, 0.2) is 24.3 Å². The fraction of sp³-hybridized carbons (Fsp3) is 0.421. The van der Waals surface area contributed by atoms with Crippen molar-refractivity contribution in [3.05, 3.63) is 41.6 Å². The quantitative estimate of drug-likeness (QED) is 0.814. The Labute approximate surface area is 162 Å². The third-order valence-electron chi connectivity index (χ3n) is 4.28. The highest BCUT2D eigenvalue weighted by Gasteiger charge is 2.21. The summed E-state index contributed by atoms with van der Waals surface area (Å²) >= 11 is 0. The van der Waals surface area contributed by atoms with Crippen LogP contribution in [0.25, 0.3) is 0 Å². The van der Waals surface area contributed by atoms with Crippen molar-refractivity contribution in [1.82, 2.24) is 14.9 Å².